The van der Waals surface area contributed by atoms with E-state index in [0.29, 0.717) is 27.5 Å². The van der Waals surface area contributed by atoms with Crippen molar-refractivity contribution in [2.45, 2.75) is 24.8 Å². The fourth-order valence-electron chi connectivity index (χ4n) is 3.25. The standard InChI is InChI=1S/C23H23N5O2S2/c1-4-24-21-17-9-5-6-10-18(17)26-22(27-21)31-13-16-14-32-23(25-16)28(15(2)29)19-11-7-8-12-20(19)30-3/h5-12,14H,4,13H2,1-3H3,(H,24,26,27). The lowest BCUT2D eigenvalue weighted by Gasteiger charge is -2.20. The van der Waals surface area contributed by atoms with E-state index in [9.17, 15) is 4.79 Å². The first kappa shape index (κ1) is 22.0. The number of hydrogen-bond donors (Lipinski definition) is 1. The van der Waals surface area contributed by atoms with Crippen molar-refractivity contribution in [2.24, 2.45) is 0 Å². The van der Waals surface area contributed by atoms with Gasteiger partial charge in [0.1, 0.15) is 11.6 Å². The molecule has 0 atom stereocenters. The number of anilines is 3. The Bertz CT molecular complexity index is 1240. The molecular formula is C23H23N5O2S2. The molecule has 2 aromatic heterocycles. The number of fused-ring (bicyclic) bond motifs is 1. The molecule has 4 aromatic rings. The van der Waals surface area contributed by atoms with Crippen molar-refractivity contribution < 1.29 is 9.53 Å². The summed E-state index contributed by atoms with van der Waals surface area (Å²) < 4.78 is 5.43. The van der Waals surface area contributed by atoms with E-state index in [1.165, 1.54) is 30.0 Å². The molecule has 0 radical (unpaired) electrons. The van der Waals surface area contributed by atoms with Crippen LogP contribution in [0.1, 0.15) is 19.5 Å². The second-order valence-electron chi connectivity index (χ2n) is 6.84. The monoisotopic (exact) mass is 465 g/mol. The first-order chi connectivity index (χ1) is 15.6. The highest BCUT2D eigenvalue weighted by molar-refractivity contribution is 7.98. The first-order valence-electron chi connectivity index (χ1n) is 10.1. The molecule has 1 N–H and O–H groups in total. The van der Waals surface area contributed by atoms with Crippen LogP contribution in [0.4, 0.5) is 16.6 Å². The Kier molecular flexibility index (Phi) is 6.87. The maximum absolute atomic E-state index is 12.4. The number of benzene rings is 2. The summed E-state index contributed by atoms with van der Waals surface area (Å²) in [6.45, 7) is 4.35. The zero-order valence-corrected chi connectivity index (χ0v) is 19.7. The minimum absolute atomic E-state index is 0.129. The number of nitrogens with zero attached hydrogens (tertiary/aromatic N) is 4. The molecule has 0 aliphatic carbocycles. The first-order valence-corrected chi connectivity index (χ1v) is 12.0. The number of amides is 1. The lowest BCUT2D eigenvalue weighted by atomic mass is 10.2. The van der Waals surface area contributed by atoms with Crippen molar-refractivity contribution in [3.05, 3.63) is 59.6 Å². The van der Waals surface area contributed by atoms with E-state index in [4.69, 9.17) is 9.72 Å². The zero-order valence-electron chi connectivity index (χ0n) is 18.0. The van der Waals surface area contributed by atoms with Crippen LogP contribution in [-0.2, 0) is 10.5 Å². The molecular weight excluding hydrogens is 442 g/mol. The van der Waals surface area contributed by atoms with Gasteiger partial charge in [0.25, 0.3) is 0 Å². The number of hydrogen-bond acceptors (Lipinski definition) is 8. The summed E-state index contributed by atoms with van der Waals surface area (Å²) in [6.07, 6.45) is 0. The molecule has 0 aliphatic rings. The number of carbonyl (C=O) groups excluding carboxylic acids is 1. The molecule has 9 heteroatoms. The molecule has 0 saturated heterocycles. The van der Waals surface area contributed by atoms with Gasteiger partial charge in [-0.05, 0) is 31.2 Å². The molecule has 0 fully saturated rings. The Balaban J connectivity index is 1.56. The van der Waals surface area contributed by atoms with Gasteiger partial charge in [0.05, 0.1) is 24.0 Å². The van der Waals surface area contributed by atoms with Crippen molar-refractivity contribution in [1.82, 2.24) is 15.0 Å². The minimum atomic E-state index is -0.129. The summed E-state index contributed by atoms with van der Waals surface area (Å²) in [5.41, 5.74) is 2.43. The van der Waals surface area contributed by atoms with Gasteiger partial charge in [-0.25, -0.2) is 15.0 Å². The Morgan fingerprint density at radius 3 is 2.69 bits per heavy atom. The number of thiazole rings is 1. The Morgan fingerprint density at radius 1 is 1.12 bits per heavy atom. The van der Waals surface area contributed by atoms with Crippen LogP contribution in [0.5, 0.6) is 5.75 Å². The van der Waals surface area contributed by atoms with Gasteiger partial charge >= 0.3 is 0 Å². The van der Waals surface area contributed by atoms with Crippen LogP contribution in [0.3, 0.4) is 0 Å². The number of aromatic nitrogens is 3. The van der Waals surface area contributed by atoms with Crippen LogP contribution in [-0.4, -0.2) is 34.5 Å². The second kappa shape index (κ2) is 9.97. The highest BCUT2D eigenvalue weighted by Gasteiger charge is 2.21. The molecule has 2 aromatic carbocycles. The van der Waals surface area contributed by atoms with Crippen molar-refractivity contribution in [3.8, 4) is 5.75 Å². The predicted molar refractivity (Wildman–Crippen MR) is 131 cm³/mol. The number of ether oxygens (including phenoxy) is 1. The SMILES string of the molecule is CCNc1nc(SCc2csc(N(C(C)=O)c3ccccc3OC)n2)nc2ccccc12. The van der Waals surface area contributed by atoms with Gasteiger partial charge in [-0.3, -0.25) is 9.69 Å². The molecule has 0 spiro atoms. The molecule has 32 heavy (non-hydrogen) atoms. The minimum Gasteiger partial charge on any atom is -0.495 e. The average Bonchev–Trinajstić information content (AvgIpc) is 3.26. The summed E-state index contributed by atoms with van der Waals surface area (Å²) in [4.78, 5) is 28.1. The maximum atomic E-state index is 12.4. The highest BCUT2D eigenvalue weighted by Crippen LogP contribution is 2.36. The van der Waals surface area contributed by atoms with Crippen molar-refractivity contribution >= 4 is 56.5 Å². The van der Waals surface area contributed by atoms with Crippen LogP contribution >= 0.6 is 23.1 Å². The smallest absolute Gasteiger partial charge is 0.230 e. The van der Waals surface area contributed by atoms with Gasteiger partial charge in [0.15, 0.2) is 10.3 Å². The summed E-state index contributed by atoms with van der Waals surface area (Å²) in [6, 6.07) is 15.4. The summed E-state index contributed by atoms with van der Waals surface area (Å²) in [7, 11) is 1.59. The van der Waals surface area contributed by atoms with E-state index in [0.717, 1.165) is 29.0 Å². The normalized spacial score (nSPS) is 10.8. The van der Waals surface area contributed by atoms with Crippen LogP contribution < -0.4 is 15.0 Å². The van der Waals surface area contributed by atoms with Gasteiger partial charge in [0, 0.05) is 30.0 Å². The lowest BCUT2D eigenvalue weighted by molar-refractivity contribution is -0.115. The van der Waals surface area contributed by atoms with Crippen LogP contribution in [0.15, 0.2) is 59.1 Å². The third-order valence-electron chi connectivity index (χ3n) is 4.65. The number of carbonyl (C=O) groups is 1. The summed E-state index contributed by atoms with van der Waals surface area (Å²) >= 11 is 2.94. The van der Waals surface area contributed by atoms with Crippen molar-refractivity contribution in [1.29, 1.82) is 0 Å². The fraction of sp³-hybridized carbons (Fsp3) is 0.217. The third kappa shape index (κ3) is 4.68. The molecule has 0 saturated carbocycles. The van der Waals surface area contributed by atoms with Crippen molar-refractivity contribution in [2.75, 3.05) is 23.9 Å². The Hall–Kier alpha value is -3.17. The zero-order chi connectivity index (χ0) is 22.5. The van der Waals surface area contributed by atoms with E-state index >= 15 is 0 Å². The van der Waals surface area contributed by atoms with Crippen LogP contribution in [0, 0.1) is 0 Å². The quantitative estimate of drug-likeness (QED) is 0.272. The molecule has 1 amide bonds. The van der Waals surface area contributed by atoms with E-state index < -0.39 is 0 Å². The topological polar surface area (TPSA) is 80.2 Å². The van der Waals surface area contributed by atoms with Crippen LogP contribution in [0.25, 0.3) is 10.9 Å². The Morgan fingerprint density at radius 2 is 1.91 bits per heavy atom. The van der Waals surface area contributed by atoms with E-state index in [1.807, 2.05) is 60.8 Å². The molecule has 4 rings (SSSR count). The lowest BCUT2D eigenvalue weighted by Crippen LogP contribution is -2.23. The molecule has 0 unspecified atom stereocenters. The second-order valence-corrected chi connectivity index (χ2v) is 8.62. The molecule has 7 nitrogen and oxygen atoms in total. The maximum Gasteiger partial charge on any atom is 0.230 e. The number of para-hydroxylation sites is 3. The largest absolute Gasteiger partial charge is 0.495 e. The van der Waals surface area contributed by atoms with Gasteiger partial charge in [-0.1, -0.05) is 36.0 Å². The molecule has 0 aliphatic heterocycles. The number of rotatable bonds is 8. The molecule has 0 bridgehead atoms. The number of thioether (sulfide) groups is 1. The van der Waals surface area contributed by atoms with Gasteiger partial charge in [-0.15, -0.1) is 11.3 Å². The van der Waals surface area contributed by atoms with Gasteiger partial charge in [0.2, 0.25) is 5.91 Å². The van der Waals surface area contributed by atoms with Gasteiger partial charge in [-0.2, -0.15) is 0 Å². The molecule has 2 heterocycles. The Labute approximate surface area is 194 Å². The summed E-state index contributed by atoms with van der Waals surface area (Å²) in [5.74, 6) is 1.92. The molecule has 164 valence electrons. The third-order valence-corrected chi connectivity index (χ3v) is 6.40. The predicted octanol–water partition coefficient (Wildman–Crippen LogP) is 5.50. The average molecular weight is 466 g/mol. The van der Waals surface area contributed by atoms with Gasteiger partial charge < -0.3 is 10.1 Å². The van der Waals surface area contributed by atoms with Crippen molar-refractivity contribution in [3.63, 3.8) is 0 Å². The number of nitrogens with one attached hydrogen (secondary N) is 1. The summed E-state index contributed by atoms with van der Waals surface area (Å²) in [5, 5.41) is 7.56. The van der Waals surface area contributed by atoms with E-state index in [2.05, 4.69) is 15.3 Å². The fourth-order valence-corrected chi connectivity index (χ4v) is 4.98. The number of methoxy groups -OCH3 is 1. The highest BCUT2D eigenvalue weighted by atomic mass is 32.2. The van der Waals surface area contributed by atoms with Crippen LogP contribution in [0.2, 0.25) is 0 Å². The van der Waals surface area contributed by atoms with E-state index in [1.54, 1.807) is 12.0 Å². The van der Waals surface area contributed by atoms with E-state index in [-0.39, 0.29) is 5.91 Å².